The van der Waals surface area contributed by atoms with Gasteiger partial charge in [0.05, 0.1) is 5.69 Å². The van der Waals surface area contributed by atoms with Gasteiger partial charge in [-0.1, -0.05) is 0 Å². The molecule has 0 radical (unpaired) electrons. The van der Waals surface area contributed by atoms with Crippen LogP contribution in [0.1, 0.15) is 43.1 Å². The molecular formula is C14H22N4O2. The maximum absolute atomic E-state index is 12.0. The van der Waals surface area contributed by atoms with Gasteiger partial charge < -0.3 is 20.9 Å². The van der Waals surface area contributed by atoms with Crippen molar-refractivity contribution in [1.29, 1.82) is 0 Å². The molecular weight excluding hydrogens is 256 g/mol. The Morgan fingerprint density at radius 2 is 2.20 bits per heavy atom. The van der Waals surface area contributed by atoms with E-state index in [2.05, 4.69) is 10.6 Å². The van der Waals surface area contributed by atoms with E-state index in [1.807, 2.05) is 11.5 Å². The molecule has 2 amide bonds. The number of nitrogen functional groups attached to an aromatic ring is 1. The van der Waals surface area contributed by atoms with Gasteiger partial charge in [0.2, 0.25) is 5.91 Å². The molecule has 4 N–H and O–H groups in total. The number of carbonyl (C=O) groups is 2. The van der Waals surface area contributed by atoms with Crippen molar-refractivity contribution in [1.82, 2.24) is 15.2 Å². The van der Waals surface area contributed by atoms with Crippen molar-refractivity contribution in [2.45, 2.75) is 45.2 Å². The Kier molecular flexibility index (Phi) is 4.65. The summed E-state index contributed by atoms with van der Waals surface area (Å²) in [6, 6.07) is 2.06. The van der Waals surface area contributed by atoms with Crippen molar-refractivity contribution < 1.29 is 9.59 Å². The van der Waals surface area contributed by atoms with E-state index >= 15 is 0 Å². The van der Waals surface area contributed by atoms with Crippen LogP contribution in [-0.2, 0) is 11.3 Å². The maximum Gasteiger partial charge on any atom is 0.267 e. The first-order valence-corrected chi connectivity index (χ1v) is 7.13. The molecule has 6 nitrogen and oxygen atoms in total. The quantitative estimate of drug-likeness (QED) is 0.647. The highest BCUT2D eigenvalue weighted by Gasteiger charge is 2.22. The summed E-state index contributed by atoms with van der Waals surface area (Å²) in [7, 11) is 0. The molecule has 0 aromatic carbocycles. The number of nitrogens with two attached hydrogens (primary N) is 1. The Hall–Kier alpha value is -1.98. The summed E-state index contributed by atoms with van der Waals surface area (Å²) >= 11 is 0. The fraction of sp³-hybridized carbons (Fsp3) is 0.571. The zero-order valence-electron chi connectivity index (χ0n) is 11.8. The largest absolute Gasteiger partial charge is 0.397 e. The number of nitrogens with one attached hydrogen (secondary N) is 2. The van der Waals surface area contributed by atoms with Gasteiger partial charge in [-0.25, -0.2) is 0 Å². The molecule has 0 unspecified atom stereocenters. The third-order valence-electron chi connectivity index (χ3n) is 3.30. The molecule has 110 valence electrons. The van der Waals surface area contributed by atoms with E-state index in [1.165, 1.54) is 0 Å². The van der Waals surface area contributed by atoms with Gasteiger partial charge in [-0.2, -0.15) is 0 Å². The van der Waals surface area contributed by atoms with Gasteiger partial charge in [0.25, 0.3) is 5.91 Å². The maximum atomic E-state index is 12.0. The number of aryl methyl sites for hydroxylation is 1. The van der Waals surface area contributed by atoms with Crippen LogP contribution in [0.15, 0.2) is 12.3 Å². The van der Waals surface area contributed by atoms with Gasteiger partial charge in [0, 0.05) is 31.7 Å². The lowest BCUT2D eigenvalue weighted by Gasteiger charge is -2.07. The summed E-state index contributed by atoms with van der Waals surface area (Å²) in [6.07, 6.45) is 5.04. The molecule has 1 saturated carbocycles. The Bertz CT molecular complexity index is 491. The van der Waals surface area contributed by atoms with E-state index in [-0.39, 0.29) is 11.8 Å². The first-order valence-electron chi connectivity index (χ1n) is 7.13. The Labute approximate surface area is 118 Å². The van der Waals surface area contributed by atoms with Gasteiger partial charge >= 0.3 is 0 Å². The Balaban J connectivity index is 1.70. The van der Waals surface area contributed by atoms with E-state index in [4.69, 9.17) is 5.73 Å². The molecule has 1 fully saturated rings. The van der Waals surface area contributed by atoms with Crippen LogP contribution < -0.4 is 16.4 Å². The molecule has 1 aliphatic rings. The second-order valence-electron chi connectivity index (χ2n) is 5.15. The molecule has 0 atom stereocenters. The molecule has 1 aliphatic carbocycles. The number of hydrogen-bond donors (Lipinski definition) is 3. The number of amides is 2. The summed E-state index contributed by atoms with van der Waals surface area (Å²) in [5.41, 5.74) is 6.83. The highest BCUT2D eigenvalue weighted by atomic mass is 16.2. The van der Waals surface area contributed by atoms with Crippen molar-refractivity contribution in [3.8, 4) is 0 Å². The fourth-order valence-corrected chi connectivity index (χ4v) is 2.05. The summed E-state index contributed by atoms with van der Waals surface area (Å²) in [5, 5.41) is 5.74. The van der Waals surface area contributed by atoms with E-state index in [9.17, 15) is 9.59 Å². The molecule has 0 saturated heterocycles. The second kappa shape index (κ2) is 6.45. The van der Waals surface area contributed by atoms with Crippen molar-refractivity contribution in [3.63, 3.8) is 0 Å². The minimum absolute atomic E-state index is 0.0722. The second-order valence-corrected chi connectivity index (χ2v) is 5.15. The highest BCUT2D eigenvalue weighted by Crippen LogP contribution is 2.18. The molecule has 20 heavy (non-hydrogen) atoms. The number of aromatic nitrogens is 1. The monoisotopic (exact) mass is 278 g/mol. The highest BCUT2D eigenvalue weighted by molar-refractivity contribution is 5.93. The van der Waals surface area contributed by atoms with Crippen molar-refractivity contribution >= 4 is 17.5 Å². The summed E-state index contributed by atoms with van der Waals surface area (Å²) in [5.74, 6) is -0.0749. The smallest absolute Gasteiger partial charge is 0.267 e. The average Bonchev–Trinajstić information content (AvgIpc) is 3.14. The number of hydrogen-bond acceptors (Lipinski definition) is 3. The zero-order chi connectivity index (χ0) is 14.5. The van der Waals surface area contributed by atoms with Crippen LogP contribution in [0.5, 0.6) is 0 Å². The first-order chi connectivity index (χ1) is 9.60. The van der Waals surface area contributed by atoms with E-state index in [0.29, 0.717) is 43.4 Å². The van der Waals surface area contributed by atoms with Crippen LogP contribution >= 0.6 is 0 Å². The molecule has 6 heteroatoms. The van der Waals surface area contributed by atoms with E-state index < -0.39 is 0 Å². The number of carbonyl (C=O) groups excluding carboxylic acids is 2. The van der Waals surface area contributed by atoms with Gasteiger partial charge in [0.15, 0.2) is 0 Å². The van der Waals surface area contributed by atoms with Crippen molar-refractivity contribution in [2.24, 2.45) is 0 Å². The normalized spacial score (nSPS) is 14.1. The van der Waals surface area contributed by atoms with E-state index in [0.717, 1.165) is 12.8 Å². The molecule has 1 aromatic heterocycles. The van der Waals surface area contributed by atoms with E-state index in [1.54, 1.807) is 12.3 Å². The van der Waals surface area contributed by atoms with Crippen molar-refractivity contribution in [3.05, 3.63) is 18.0 Å². The lowest BCUT2D eigenvalue weighted by atomic mass is 10.3. The number of nitrogens with zero attached hydrogens (tertiary/aromatic N) is 1. The molecule has 0 bridgehead atoms. The molecule has 1 heterocycles. The molecule has 1 aromatic rings. The zero-order valence-corrected chi connectivity index (χ0v) is 11.8. The standard InChI is InChI=1S/C14H22N4O2/c1-2-18-9-10(15)8-12(18)14(20)16-7-3-4-13(19)17-11-5-6-11/h8-9,11H,2-7,15H2,1H3,(H,16,20)(H,17,19). The predicted molar refractivity (Wildman–Crippen MR) is 77.3 cm³/mol. The van der Waals surface area contributed by atoms with Crippen LogP contribution in [0, 0.1) is 0 Å². The lowest BCUT2D eigenvalue weighted by Crippen LogP contribution is -2.29. The van der Waals surface area contributed by atoms with Crippen LogP contribution in [0.3, 0.4) is 0 Å². The van der Waals surface area contributed by atoms with Crippen LogP contribution in [0.4, 0.5) is 5.69 Å². The molecule has 0 spiro atoms. The SMILES string of the molecule is CCn1cc(N)cc1C(=O)NCCCC(=O)NC1CC1. The Morgan fingerprint density at radius 1 is 1.45 bits per heavy atom. The fourth-order valence-electron chi connectivity index (χ4n) is 2.05. The topological polar surface area (TPSA) is 89.2 Å². The van der Waals surface area contributed by atoms with Crippen molar-refractivity contribution in [2.75, 3.05) is 12.3 Å². The number of rotatable bonds is 7. The van der Waals surface area contributed by atoms with Gasteiger partial charge in [-0.15, -0.1) is 0 Å². The predicted octanol–water partition coefficient (Wildman–Crippen LogP) is 0.879. The first kappa shape index (κ1) is 14.4. The summed E-state index contributed by atoms with van der Waals surface area (Å²) < 4.78 is 1.81. The molecule has 2 rings (SSSR count). The third kappa shape index (κ3) is 4.01. The van der Waals surface area contributed by atoms with Crippen LogP contribution in [-0.4, -0.2) is 29.0 Å². The number of anilines is 1. The van der Waals surface area contributed by atoms with Gasteiger partial charge in [-0.05, 0) is 32.3 Å². The summed E-state index contributed by atoms with van der Waals surface area (Å²) in [6.45, 7) is 3.15. The lowest BCUT2D eigenvalue weighted by molar-refractivity contribution is -0.121. The van der Waals surface area contributed by atoms with Gasteiger partial charge in [-0.3, -0.25) is 9.59 Å². The van der Waals surface area contributed by atoms with Crippen LogP contribution in [0.2, 0.25) is 0 Å². The Morgan fingerprint density at radius 3 is 2.85 bits per heavy atom. The van der Waals surface area contributed by atoms with Gasteiger partial charge in [0.1, 0.15) is 5.69 Å². The minimum atomic E-state index is -0.147. The third-order valence-corrected chi connectivity index (χ3v) is 3.30. The average molecular weight is 278 g/mol. The minimum Gasteiger partial charge on any atom is -0.397 e. The van der Waals surface area contributed by atoms with Crippen LogP contribution in [0.25, 0.3) is 0 Å². The molecule has 0 aliphatic heterocycles. The summed E-state index contributed by atoms with van der Waals surface area (Å²) in [4.78, 5) is 23.4.